The molecule has 28 heavy (non-hydrogen) atoms. The van der Waals surface area contributed by atoms with Crippen LogP contribution in [0.15, 0.2) is 24.3 Å². The summed E-state index contributed by atoms with van der Waals surface area (Å²) in [6, 6.07) is 7.34. The fourth-order valence-corrected chi connectivity index (χ4v) is 4.87. The Morgan fingerprint density at radius 2 is 2.00 bits per heavy atom. The van der Waals surface area contributed by atoms with Gasteiger partial charge in [0.25, 0.3) is 11.8 Å². The summed E-state index contributed by atoms with van der Waals surface area (Å²) in [5.41, 5.74) is 0.00717. The number of likely N-dealkylation sites (tertiary alicyclic amines) is 1. The second-order valence-corrected chi connectivity index (χ2v) is 8.50. The molecule has 0 aromatic heterocycles. The second-order valence-electron chi connectivity index (χ2n) is 8.50. The molecule has 3 aliphatic heterocycles. The lowest BCUT2D eigenvalue weighted by molar-refractivity contribution is -0.140. The number of nitrogens with zero attached hydrogens (tertiary/aromatic N) is 1. The van der Waals surface area contributed by atoms with Crippen molar-refractivity contribution >= 4 is 11.8 Å². The van der Waals surface area contributed by atoms with E-state index in [2.05, 4.69) is 12.2 Å². The van der Waals surface area contributed by atoms with Crippen molar-refractivity contribution in [3.8, 4) is 5.75 Å². The van der Waals surface area contributed by atoms with Gasteiger partial charge >= 0.3 is 0 Å². The minimum atomic E-state index is -0.588. The van der Waals surface area contributed by atoms with Gasteiger partial charge in [-0.3, -0.25) is 9.59 Å². The Hall–Kier alpha value is -2.08. The summed E-state index contributed by atoms with van der Waals surface area (Å²) in [4.78, 5) is 27.7. The van der Waals surface area contributed by atoms with Gasteiger partial charge in [-0.1, -0.05) is 19.1 Å². The molecule has 2 atom stereocenters. The number of carbonyl (C=O) groups excluding carboxylic acids is 2. The molecule has 6 nitrogen and oxygen atoms in total. The van der Waals surface area contributed by atoms with Gasteiger partial charge in [0.05, 0.1) is 18.8 Å². The van der Waals surface area contributed by atoms with E-state index in [-0.39, 0.29) is 23.8 Å². The van der Waals surface area contributed by atoms with E-state index in [1.165, 1.54) is 0 Å². The molecule has 3 fully saturated rings. The summed E-state index contributed by atoms with van der Waals surface area (Å²) in [6.45, 7) is 4.18. The number of hydrogen-bond acceptors (Lipinski definition) is 4. The zero-order valence-electron chi connectivity index (χ0n) is 16.8. The van der Waals surface area contributed by atoms with Crippen molar-refractivity contribution < 1.29 is 19.1 Å². The van der Waals surface area contributed by atoms with E-state index in [0.717, 1.165) is 38.6 Å². The van der Waals surface area contributed by atoms with Crippen molar-refractivity contribution in [2.75, 3.05) is 26.7 Å². The Morgan fingerprint density at radius 3 is 2.68 bits per heavy atom. The van der Waals surface area contributed by atoms with Crippen LogP contribution in [0.4, 0.5) is 0 Å². The first-order valence-corrected chi connectivity index (χ1v) is 10.4. The topological polar surface area (TPSA) is 67.9 Å². The number of amides is 2. The number of carbonyl (C=O) groups is 2. The number of fused-ring (bicyclic) bond motifs is 2. The Bertz CT molecular complexity index is 742. The average molecular weight is 386 g/mol. The number of methoxy groups -OCH3 is 1. The molecule has 1 aromatic rings. The van der Waals surface area contributed by atoms with E-state index in [1.54, 1.807) is 7.11 Å². The maximum absolute atomic E-state index is 13.0. The summed E-state index contributed by atoms with van der Waals surface area (Å²) in [7, 11) is 1.58. The van der Waals surface area contributed by atoms with E-state index in [9.17, 15) is 9.59 Å². The predicted molar refractivity (Wildman–Crippen MR) is 105 cm³/mol. The van der Waals surface area contributed by atoms with Crippen LogP contribution >= 0.6 is 0 Å². The first kappa shape index (κ1) is 19.2. The zero-order valence-corrected chi connectivity index (χ0v) is 16.8. The highest BCUT2D eigenvalue weighted by atomic mass is 16.5. The van der Waals surface area contributed by atoms with Crippen LogP contribution < -0.4 is 10.1 Å². The van der Waals surface area contributed by atoms with Crippen LogP contribution in [-0.2, 0) is 9.53 Å². The maximum atomic E-state index is 13.0. The minimum Gasteiger partial charge on any atom is -0.496 e. The smallest absolute Gasteiger partial charge is 0.257 e. The van der Waals surface area contributed by atoms with E-state index in [4.69, 9.17) is 9.47 Å². The number of hydrogen-bond donors (Lipinski definition) is 1. The monoisotopic (exact) mass is 386 g/mol. The van der Waals surface area contributed by atoms with E-state index in [1.807, 2.05) is 29.2 Å². The van der Waals surface area contributed by atoms with Gasteiger partial charge in [-0.05, 0) is 56.1 Å². The Balaban J connectivity index is 1.38. The van der Waals surface area contributed by atoms with E-state index in [0.29, 0.717) is 30.3 Å². The lowest BCUT2D eigenvalue weighted by Crippen LogP contribution is -2.50. The molecule has 0 spiro atoms. The lowest BCUT2D eigenvalue weighted by Gasteiger charge is -2.38. The van der Waals surface area contributed by atoms with Gasteiger partial charge in [0, 0.05) is 19.6 Å². The first-order valence-electron chi connectivity index (χ1n) is 10.4. The molecule has 0 radical (unpaired) electrons. The average Bonchev–Trinajstić information content (AvgIpc) is 3.35. The molecule has 4 rings (SSSR count). The molecule has 3 aliphatic rings. The third-order valence-corrected chi connectivity index (χ3v) is 6.81. The number of nitrogens with one attached hydrogen (secondary N) is 1. The summed E-state index contributed by atoms with van der Waals surface area (Å²) in [5.74, 6) is 1.33. The van der Waals surface area contributed by atoms with Crippen molar-refractivity contribution in [2.45, 2.75) is 50.7 Å². The highest BCUT2D eigenvalue weighted by Crippen LogP contribution is 2.43. The van der Waals surface area contributed by atoms with Crippen molar-refractivity contribution in [1.82, 2.24) is 10.2 Å². The van der Waals surface area contributed by atoms with Crippen LogP contribution in [0, 0.1) is 11.8 Å². The molecule has 6 heteroatoms. The van der Waals surface area contributed by atoms with Crippen molar-refractivity contribution in [3.63, 3.8) is 0 Å². The molecular weight excluding hydrogens is 356 g/mol. The third-order valence-electron chi connectivity index (χ3n) is 6.81. The van der Waals surface area contributed by atoms with Crippen LogP contribution in [0.2, 0.25) is 0 Å². The number of para-hydroxylation sites is 1. The van der Waals surface area contributed by atoms with Gasteiger partial charge in [0.2, 0.25) is 0 Å². The first-order chi connectivity index (χ1) is 13.5. The van der Waals surface area contributed by atoms with Gasteiger partial charge in [0.15, 0.2) is 0 Å². The van der Waals surface area contributed by atoms with Gasteiger partial charge in [-0.25, -0.2) is 0 Å². The molecule has 2 unspecified atom stereocenters. The Kier molecular flexibility index (Phi) is 5.32. The predicted octanol–water partition coefficient (Wildman–Crippen LogP) is 2.62. The molecule has 3 heterocycles. The van der Waals surface area contributed by atoms with Crippen molar-refractivity contribution in [2.24, 2.45) is 11.8 Å². The number of rotatable bonds is 5. The lowest BCUT2D eigenvalue weighted by atomic mass is 9.85. The van der Waals surface area contributed by atoms with Crippen LogP contribution in [-0.4, -0.2) is 55.2 Å². The van der Waals surface area contributed by atoms with Gasteiger partial charge < -0.3 is 19.7 Å². The highest BCUT2D eigenvalue weighted by Gasteiger charge is 2.51. The Morgan fingerprint density at radius 1 is 1.25 bits per heavy atom. The second kappa shape index (κ2) is 7.74. The van der Waals surface area contributed by atoms with E-state index < -0.39 is 5.60 Å². The molecule has 152 valence electrons. The molecule has 3 saturated heterocycles. The standard InChI is InChI=1S/C22H30N2O4/c1-15-9-12-24(20(25)18-5-3-4-6-19(18)27-2)14-16(15)13-23-21(26)22-10-7-17(28-22)8-11-22/h3-6,15-17H,7-14H2,1-2H3,(H,23,26). The summed E-state index contributed by atoms with van der Waals surface area (Å²) >= 11 is 0. The molecule has 2 bridgehead atoms. The normalized spacial score (nSPS) is 31.6. The zero-order chi connectivity index (χ0) is 19.7. The molecule has 1 N–H and O–H groups in total. The van der Waals surface area contributed by atoms with Crippen molar-refractivity contribution in [3.05, 3.63) is 29.8 Å². The maximum Gasteiger partial charge on any atom is 0.257 e. The third kappa shape index (κ3) is 3.50. The fraction of sp³-hybridized carbons (Fsp3) is 0.636. The molecular formula is C22H30N2O4. The van der Waals surface area contributed by atoms with Gasteiger partial charge in [-0.2, -0.15) is 0 Å². The van der Waals surface area contributed by atoms with Crippen LogP contribution in [0.5, 0.6) is 5.75 Å². The highest BCUT2D eigenvalue weighted by molar-refractivity contribution is 5.97. The largest absolute Gasteiger partial charge is 0.496 e. The summed E-state index contributed by atoms with van der Waals surface area (Å²) in [5, 5.41) is 3.14. The minimum absolute atomic E-state index is 0.00275. The number of ether oxygens (including phenoxy) is 2. The molecule has 0 aliphatic carbocycles. The van der Waals surface area contributed by atoms with Crippen LogP contribution in [0.1, 0.15) is 49.4 Å². The Labute approximate surface area is 166 Å². The van der Waals surface area contributed by atoms with E-state index >= 15 is 0 Å². The quantitative estimate of drug-likeness (QED) is 0.845. The summed E-state index contributed by atoms with van der Waals surface area (Å²) in [6.07, 6.45) is 4.87. The molecule has 0 saturated carbocycles. The molecule has 1 aromatic carbocycles. The fourth-order valence-electron chi connectivity index (χ4n) is 4.87. The number of benzene rings is 1. The van der Waals surface area contributed by atoms with Gasteiger partial charge in [0.1, 0.15) is 11.4 Å². The molecule has 2 amide bonds. The SMILES string of the molecule is COc1ccccc1C(=O)N1CCC(C)C(CNC(=O)C23CCC(CC2)O3)C1. The van der Waals surface area contributed by atoms with Gasteiger partial charge in [-0.15, -0.1) is 0 Å². The summed E-state index contributed by atoms with van der Waals surface area (Å²) < 4.78 is 11.3. The van der Waals surface area contributed by atoms with Crippen molar-refractivity contribution in [1.29, 1.82) is 0 Å². The number of piperidine rings is 1. The van der Waals surface area contributed by atoms with Crippen LogP contribution in [0.25, 0.3) is 0 Å². The van der Waals surface area contributed by atoms with Crippen LogP contribution in [0.3, 0.4) is 0 Å².